The van der Waals surface area contributed by atoms with Crippen molar-refractivity contribution < 1.29 is 4.63 Å². The van der Waals surface area contributed by atoms with Crippen molar-refractivity contribution in [2.24, 2.45) is 0 Å². The number of benzene rings is 2. The van der Waals surface area contributed by atoms with E-state index in [0.29, 0.717) is 16.7 Å². The third-order valence-electron chi connectivity index (χ3n) is 2.90. The van der Waals surface area contributed by atoms with Gasteiger partial charge in [-0.05, 0) is 47.1 Å². The molecule has 0 radical (unpaired) electrons. The van der Waals surface area contributed by atoms with Crippen LogP contribution in [0, 0.1) is 6.92 Å². The third-order valence-corrected chi connectivity index (χ3v) is 3.75. The number of aryl methyl sites for hydroxylation is 1. The minimum absolute atomic E-state index is 0.548. The van der Waals surface area contributed by atoms with Gasteiger partial charge in [0.1, 0.15) is 0 Å². The van der Waals surface area contributed by atoms with E-state index in [1.165, 1.54) is 5.56 Å². The molecule has 0 unspecified atom stereocenters. The predicted octanol–water partition coefficient (Wildman–Crippen LogP) is 3.62. The largest absolute Gasteiger partial charge is 0.397 e. The molecular formula is C13H11BrN4O. The summed E-state index contributed by atoms with van der Waals surface area (Å²) >= 11 is 3.51. The van der Waals surface area contributed by atoms with Gasteiger partial charge in [-0.1, -0.05) is 22.0 Å². The molecular weight excluding hydrogens is 308 g/mol. The summed E-state index contributed by atoms with van der Waals surface area (Å²) in [6.45, 7) is 2.04. The van der Waals surface area contributed by atoms with Crippen LogP contribution in [0.5, 0.6) is 0 Å². The molecule has 3 aromatic rings. The Labute approximate surface area is 117 Å². The Morgan fingerprint density at radius 2 is 1.95 bits per heavy atom. The summed E-state index contributed by atoms with van der Waals surface area (Å²) in [7, 11) is 0. The molecule has 2 aromatic carbocycles. The molecule has 5 nitrogen and oxygen atoms in total. The lowest BCUT2D eigenvalue weighted by Gasteiger charge is -2.08. The van der Waals surface area contributed by atoms with Gasteiger partial charge in [-0.25, -0.2) is 4.63 Å². The fourth-order valence-corrected chi connectivity index (χ4v) is 2.19. The van der Waals surface area contributed by atoms with E-state index in [-0.39, 0.29) is 0 Å². The van der Waals surface area contributed by atoms with Crippen molar-refractivity contribution in [3.05, 3.63) is 40.4 Å². The van der Waals surface area contributed by atoms with Crippen molar-refractivity contribution in [2.45, 2.75) is 6.92 Å². The highest BCUT2D eigenvalue weighted by Gasteiger charge is 2.10. The SMILES string of the molecule is Cc1ccc(Nc2ccc(N)c3nonc23)cc1Br. The number of fused-ring (bicyclic) bond motifs is 1. The summed E-state index contributed by atoms with van der Waals surface area (Å²) in [5, 5.41) is 10.9. The van der Waals surface area contributed by atoms with E-state index >= 15 is 0 Å². The zero-order valence-corrected chi connectivity index (χ0v) is 11.7. The maximum atomic E-state index is 5.81. The van der Waals surface area contributed by atoms with Crippen LogP contribution >= 0.6 is 15.9 Å². The van der Waals surface area contributed by atoms with E-state index in [0.717, 1.165) is 15.8 Å². The molecule has 1 heterocycles. The van der Waals surface area contributed by atoms with Crippen molar-refractivity contribution >= 4 is 44.0 Å². The van der Waals surface area contributed by atoms with Gasteiger partial charge in [0.25, 0.3) is 0 Å². The maximum absolute atomic E-state index is 5.81. The van der Waals surface area contributed by atoms with E-state index in [4.69, 9.17) is 10.4 Å². The van der Waals surface area contributed by atoms with Crippen LogP contribution in [0.15, 0.2) is 39.4 Å². The zero-order chi connectivity index (χ0) is 13.4. The molecule has 0 fully saturated rings. The summed E-state index contributed by atoms with van der Waals surface area (Å²) in [5.74, 6) is 0. The van der Waals surface area contributed by atoms with E-state index in [9.17, 15) is 0 Å². The van der Waals surface area contributed by atoms with Crippen molar-refractivity contribution in [2.75, 3.05) is 11.1 Å². The Kier molecular flexibility index (Phi) is 2.87. The molecule has 1 aromatic heterocycles. The van der Waals surface area contributed by atoms with Crippen LogP contribution in [0.1, 0.15) is 5.56 Å². The molecule has 6 heteroatoms. The lowest BCUT2D eigenvalue weighted by Crippen LogP contribution is -1.94. The van der Waals surface area contributed by atoms with Gasteiger partial charge in [0.2, 0.25) is 0 Å². The zero-order valence-electron chi connectivity index (χ0n) is 10.1. The van der Waals surface area contributed by atoms with Crippen LogP contribution in [-0.2, 0) is 0 Å². The molecule has 0 aliphatic heterocycles. The molecule has 0 aliphatic rings. The highest BCUT2D eigenvalue weighted by molar-refractivity contribution is 9.10. The van der Waals surface area contributed by atoms with Crippen LogP contribution in [0.4, 0.5) is 17.1 Å². The van der Waals surface area contributed by atoms with Crippen molar-refractivity contribution in [1.82, 2.24) is 10.3 Å². The minimum atomic E-state index is 0.548. The molecule has 0 atom stereocenters. The Morgan fingerprint density at radius 3 is 2.74 bits per heavy atom. The monoisotopic (exact) mass is 318 g/mol. The van der Waals surface area contributed by atoms with Gasteiger partial charge < -0.3 is 11.1 Å². The fraction of sp³-hybridized carbons (Fsp3) is 0.0769. The molecule has 0 saturated heterocycles. The second-order valence-corrected chi connectivity index (χ2v) is 5.11. The van der Waals surface area contributed by atoms with Crippen LogP contribution < -0.4 is 11.1 Å². The first kappa shape index (κ1) is 12.0. The normalized spacial score (nSPS) is 10.8. The summed E-state index contributed by atoms with van der Waals surface area (Å²) in [5.41, 5.74) is 10.5. The van der Waals surface area contributed by atoms with Gasteiger partial charge in [0.05, 0.1) is 11.4 Å². The van der Waals surface area contributed by atoms with E-state index in [2.05, 4.69) is 31.6 Å². The fourth-order valence-electron chi connectivity index (χ4n) is 1.81. The first-order valence-electron chi connectivity index (χ1n) is 5.69. The molecule has 0 saturated carbocycles. The predicted molar refractivity (Wildman–Crippen MR) is 78.4 cm³/mol. The van der Waals surface area contributed by atoms with Crippen LogP contribution in [0.25, 0.3) is 11.0 Å². The molecule has 0 amide bonds. The highest BCUT2D eigenvalue weighted by atomic mass is 79.9. The Bertz CT molecular complexity index is 753. The van der Waals surface area contributed by atoms with E-state index < -0.39 is 0 Å². The smallest absolute Gasteiger partial charge is 0.160 e. The number of nitrogens with zero attached hydrogens (tertiary/aromatic N) is 2. The summed E-state index contributed by atoms with van der Waals surface area (Å²) in [6, 6.07) is 9.66. The van der Waals surface area contributed by atoms with Crippen LogP contribution in [0.3, 0.4) is 0 Å². The topological polar surface area (TPSA) is 77.0 Å². The quantitative estimate of drug-likeness (QED) is 0.706. The first-order valence-corrected chi connectivity index (χ1v) is 6.48. The minimum Gasteiger partial charge on any atom is -0.397 e. The standard InChI is InChI=1S/C13H11BrN4O/c1-7-2-3-8(6-9(7)14)16-11-5-4-10(15)12-13(11)18-19-17-12/h2-6,16H,15H2,1H3. The molecule has 0 spiro atoms. The number of hydrogen-bond acceptors (Lipinski definition) is 5. The maximum Gasteiger partial charge on any atom is 0.160 e. The Balaban J connectivity index is 2.03. The van der Waals surface area contributed by atoms with Gasteiger partial charge in [-0.3, -0.25) is 0 Å². The van der Waals surface area contributed by atoms with Crippen molar-refractivity contribution in [3.8, 4) is 0 Å². The second-order valence-electron chi connectivity index (χ2n) is 4.25. The average molecular weight is 319 g/mol. The number of nitrogen functional groups attached to an aromatic ring is 1. The first-order chi connectivity index (χ1) is 9.15. The highest BCUT2D eigenvalue weighted by Crippen LogP contribution is 2.29. The van der Waals surface area contributed by atoms with Gasteiger partial charge in [0, 0.05) is 10.2 Å². The van der Waals surface area contributed by atoms with Gasteiger partial charge in [0.15, 0.2) is 11.0 Å². The Hall–Kier alpha value is -2.08. The lowest BCUT2D eigenvalue weighted by atomic mass is 10.2. The molecule has 19 heavy (non-hydrogen) atoms. The molecule has 96 valence electrons. The molecule has 3 N–H and O–H groups in total. The average Bonchev–Trinajstić information content (AvgIpc) is 2.87. The number of nitrogens with one attached hydrogen (secondary N) is 1. The summed E-state index contributed by atoms with van der Waals surface area (Å²) in [4.78, 5) is 0. The van der Waals surface area contributed by atoms with Gasteiger partial charge in [-0.2, -0.15) is 0 Å². The number of aromatic nitrogens is 2. The molecule has 0 aliphatic carbocycles. The summed E-state index contributed by atoms with van der Waals surface area (Å²) in [6.07, 6.45) is 0. The van der Waals surface area contributed by atoms with Crippen LogP contribution in [-0.4, -0.2) is 10.3 Å². The number of anilines is 3. The van der Waals surface area contributed by atoms with Gasteiger partial charge >= 0.3 is 0 Å². The Morgan fingerprint density at radius 1 is 1.16 bits per heavy atom. The van der Waals surface area contributed by atoms with Crippen molar-refractivity contribution in [1.29, 1.82) is 0 Å². The molecule has 3 rings (SSSR count). The van der Waals surface area contributed by atoms with E-state index in [1.54, 1.807) is 6.07 Å². The van der Waals surface area contributed by atoms with E-state index in [1.807, 2.05) is 31.2 Å². The van der Waals surface area contributed by atoms with Crippen LogP contribution in [0.2, 0.25) is 0 Å². The van der Waals surface area contributed by atoms with Gasteiger partial charge in [-0.15, -0.1) is 0 Å². The second kappa shape index (κ2) is 4.55. The number of nitrogens with two attached hydrogens (primary N) is 1. The summed E-state index contributed by atoms with van der Waals surface area (Å²) < 4.78 is 5.78. The number of hydrogen-bond donors (Lipinski definition) is 2. The number of halogens is 1. The third kappa shape index (κ3) is 2.15. The molecule has 0 bridgehead atoms. The number of rotatable bonds is 2. The van der Waals surface area contributed by atoms with Crippen molar-refractivity contribution in [3.63, 3.8) is 0 Å². The lowest BCUT2D eigenvalue weighted by molar-refractivity contribution is 0.316.